The predicted octanol–water partition coefficient (Wildman–Crippen LogP) is 3.30. The first-order valence-corrected chi connectivity index (χ1v) is 9.22. The lowest BCUT2D eigenvalue weighted by atomic mass is 9.85. The molecule has 1 aliphatic carbocycles. The van der Waals surface area contributed by atoms with Crippen LogP contribution in [-0.2, 0) is 11.2 Å². The Labute approximate surface area is 164 Å². The van der Waals surface area contributed by atoms with Crippen molar-refractivity contribution in [2.24, 2.45) is 5.92 Å². The Morgan fingerprint density at radius 3 is 2.78 bits per heavy atom. The second-order valence-corrected chi connectivity index (χ2v) is 7.01. The molecule has 3 rings (SSSR count). The number of nitrogens with one attached hydrogen (secondary N) is 2. The Morgan fingerprint density at radius 2 is 2.07 bits per heavy atom. The van der Waals surface area contributed by atoms with Gasteiger partial charge in [-0.05, 0) is 49.3 Å². The summed E-state index contributed by atoms with van der Waals surface area (Å²) < 4.78 is 34.5. The molecule has 8 heteroatoms. The molecule has 1 saturated heterocycles. The lowest BCUT2D eigenvalue weighted by molar-refractivity contribution is -0.122. The smallest absolute Gasteiger partial charge is 0.387 e. The molecule has 0 radical (unpaired) electrons. The fourth-order valence-corrected chi connectivity index (χ4v) is 4.04. The van der Waals surface area contributed by atoms with Gasteiger partial charge in [-0.3, -0.25) is 4.79 Å². The fourth-order valence-electron chi connectivity index (χ4n) is 4.04. The maximum atomic E-state index is 12.5. The number of carbonyl (C=O) groups is 1. The third kappa shape index (κ3) is 5.69. The minimum Gasteiger partial charge on any atom is -0.493 e. The Hall–Kier alpha value is -1.60. The van der Waals surface area contributed by atoms with Crippen LogP contribution in [0.1, 0.15) is 37.7 Å². The monoisotopic (exact) mass is 404 g/mol. The molecule has 27 heavy (non-hydrogen) atoms. The molecule has 5 nitrogen and oxygen atoms in total. The van der Waals surface area contributed by atoms with E-state index in [9.17, 15) is 13.6 Å². The second-order valence-electron chi connectivity index (χ2n) is 7.01. The minimum atomic E-state index is -2.91. The van der Waals surface area contributed by atoms with Gasteiger partial charge in [0.15, 0.2) is 11.5 Å². The highest BCUT2D eigenvalue weighted by atomic mass is 35.5. The van der Waals surface area contributed by atoms with Crippen LogP contribution in [0.25, 0.3) is 0 Å². The Balaban J connectivity index is 0.00000261. The first-order valence-electron chi connectivity index (χ1n) is 9.22. The molecular formula is C19H27ClF2N2O3. The van der Waals surface area contributed by atoms with Gasteiger partial charge in [-0.25, -0.2) is 0 Å². The Morgan fingerprint density at radius 1 is 1.30 bits per heavy atom. The molecule has 3 atom stereocenters. The molecule has 0 spiro atoms. The highest BCUT2D eigenvalue weighted by Crippen LogP contribution is 2.33. The van der Waals surface area contributed by atoms with E-state index in [-0.39, 0.29) is 35.9 Å². The average Bonchev–Trinajstić information content (AvgIpc) is 3.05. The van der Waals surface area contributed by atoms with E-state index in [0.717, 1.165) is 18.4 Å². The molecule has 1 aliphatic heterocycles. The van der Waals surface area contributed by atoms with Crippen molar-refractivity contribution >= 4 is 18.3 Å². The molecule has 1 heterocycles. The zero-order valence-corrected chi connectivity index (χ0v) is 16.2. The molecule has 1 amide bonds. The lowest BCUT2D eigenvalue weighted by Gasteiger charge is -2.24. The van der Waals surface area contributed by atoms with Gasteiger partial charge >= 0.3 is 6.61 Å². The van der Waals surface area contributed by atoms with Crippen LogP contribution in [-0.4, -0.2) is 38.3 Å². The molecule has 3 unspecified atom stereocenters. The number of hydrogen-bond acceptors (Lipinski definition) is 4. The van der Waals surface area contributed by atoms with Crippen molar-refractivity contribution in [1.82, 2.24) is 10.6 Å². The van der Waals surface area contributed by atoms with Crippen molar-refractivity contribution < 1.29 is 23.0 Å². The summed E-state index contributed by atoms with van der Waals surface area (Å²) in [7, 11) is 1.40. The van der Waals surface area contributed by atoms with Crippen LogP contribution in [0, 0.1) is 5.92 Å². The van der Waals surface area contributed by atoms with E-state index in [1.807, 2.05) is 0 Å². The summed E-state index contributed by atoms with van der Waals surface area (Å²) >= 11 is 0. The minimum absolute atomic E-state index is 0. The van der Waals surface area contributed by atoms with E-state index in [1.54, 1.807) is 12.1 Å². The van der Waals surface area contributed by atoms with E-state index in [0.29, 0.717) is 24.9 Å². The maximum Gasteiger partial charge on any atom is 0.387 e. The summed E-state index contributed by atoms with van der Waals surface area (Å²) in [6, 6.07) is 5.27. The Kier molecular flexibility index (Phi) is 8.10. The molecule has 1 aromatic carbocycles. The molecule has 2 aliphatic rings. The van der Waals surface area contributed by atoms with E-state index < -0.39 is 6.61 Å². The average molecular weight is 405 g/mol. The molecule has 2 fully saturated rings. The summed E-state index contributed by atoms with van der Waals surface area (Å²) in [6.07, 6.45) is 6.31. The summed E-state index contributed by atoms with van der Waals surface area (Å²) in [5.74, 6) is 0.913. The van der Waals surface area contributed by atoms with Crippen LogP contribution in [0.5, 0.6) is 11.5 Å². The zero-order chi connectivity index (χ0) is 18.5. The van der Waals surface area contributed by atoms with Crippen molar-refractivity contribution in [3.8, 4) is 11.5 Å². The number of halogens is 3. The summed E-state index contributed by atoms with van der Waals surface area (Å²) in [4.78, 5) is 12.4. The van der Waals surface area contributed by atoms with Gasteiger partial charge in [0.1, 0.15) is 0 Å². The van der Waals surface area contributed by atoms with Gasteiger partial charge < -0.3 is 20.1 Å². The number of fused-ring (bicyclic) bond motifs is 1. The lowest BCUT2D eigenvalue weighted by Crippen LogP contribution is -2.43. The number of ether oxygens (including phenoxy) is 2. The van der Waals surface area contributed by atoms with Crippen molar-refractivity contribution in [3.63, 3.8) is 0 Å². The van der Waals surface area contributed by atoms with E-state index in [4.69, 9.17) is 4.74 Å². The largest absolute Gasteiger partial charge is 0.493 e. The molecule has 2 N–H and O–H groups in total. The highest BCUT2D eigenvalue weighted by Gasteiger charge is 2.37. The number of hydrogen-bond donors (Lipinski definition) is 2. The van der Waals surface area contributed by atoms with Crippen molar-refractivity contribution in [2.75, 3.05) is 13.7 Å². The predicted molar refractivity (Wildman–Crippen MR) is 101 cm³/mol. The number of rotatable bonds is 7. The molecule has 152 valence electrons. The first-order chi connectivity index (χ1) is 12.6. The van der Waals surface area contributed by atoms with Gasteiger partial charge in [0.2, 0.25) is 5.91 Å². The number of alkyl halides is 2. The summed E-state index contributed by atoms with van der Waals surface area (Å²) in [5.41, 5.74) is 0.801. The van der Waals surface area contributed by atoms with Gasteiger partial charge in [0.25, 0.3) is 0 Å². The number of benzene rings is 1. The van der Waals surface area contributed by atoms with E-state index >= 15 is 0 Å². The van der Waals surface area contributed by atoms with Crippen LogP contribution in [0.3, 0.4) is 0 Å². The summed E-state index contributed by atoms with van der Waals surface area (Å²) in [5, 5.41) is 6.41. The molecule has 1 saturated carbocycles. The third-order valence-corrected chi connectivity index (χ3v) is 5.34. The van der Waals surface area contributed by atoms with Gasteiger partial charge in [-0.15, -0.1) is 12.4 Å². The van der Waals surface area contributed by atoms with Gasteiger partial charge in [-0.1, -0.05) is 18.9 Å². The third-order valence-electron chi connectivity index (χ3n) is 5.34. The van der Waals surface area contributed by atoms with Crippen molar-refractivity contribution in [3.05, 3.63) is 23.8 Å². The van der Waals surface area contributed by atoms with Crippen LogP contribution in [0.15, 0.2) is 18.2 Å². The Bertz CT molecular complexity index is 619. The maximum absolute atomic E-state index is 12.5. The van der Waals surface area contributed by atoms with Crippen LogP contribution < -0.4 is 20.1 Å². The van der Waals surface area contributed by atoms with E-state index in [2.05, 4.69) is 15.4 Å². The topological polar surface area (TPSA) is 59.6 Å². The normalized spacial score (nSPS) is 24.1. The number of methoxy groups -OCH3 is 1. The number of carbonyl (C=O) groups excluding carboxylic acids is 1. The van der Waals surface area contributed by atoms with Crippen molar-refractivity contribution in [1.29, 1.82) is 0 Å². The van der Waals surface area contributed by atoms with Crippen LogP contribution >= 0.6 is 12.4 Å². The fraction of sp³-hybridized carbons (Fsp3) is 0.632. The molecule has 0 aromatic heterocycles. The van der Waals surface area contributed by atoms with Gasteiger partial charge in [0, 0.05) is 12.6 Å². The van der Waals surface area contributed by atoms with Gasteiger partial charge in [0.05, 0.1) is 13.2 Å². The zero-order valence-electron chi connectivity index (χ0n) is 15.4. The molecular weight excluding hydrogens is 378 g/mol. The second kappa shape index (κ2) is 10.1. The molecule has 0 bridgehead atoms. The van der Waals surface area contributed by atoms with Gasteiger partial charge in [-0.2, -0.15) is 8.78 Å². The highest BCUT2D eigenvalue weighted by molar-refractivity contribution is 5.85. The van der Waals surface area contributed by atoms with Crippen molar-refractivity contribution in [2.45, 2.75) is 57.2 Å². The quantitative estimate of drug-likeness (QED) is 0.732. The van der Waals surface area contributed by atoms with E-state index in [1.165, 1.54) is 32.4 Å². The molecule has 1 aromatic rings. The van der Waals surface area contributed by atoms with Crippen LogP contribution in [0.4, 0.5) is 8.78 Å². The SMILES string of the molecule is COc1ccc(CCNC(=O)C2CC3CCCCC3N2)cc1OC(F)F.Cl. The standard InChI is InChI=1S/C19H26F2N2O3.ClH/c1-25-16-7-6-12(10-17(16)26-19(20)21)8-9-22-18(24)15-11-13-4-2-3-5-14(13)23-15;/h6-7,10,13-15,19,23H,2-5,8-9,11H2,1H3,(H,22,24);1H. The first kappa shape index (κ1) is 21.7. The summed E-state index contributed by atoms with van der Waals surface area (Å²) in [6.45, 7) is -2.46. The number of amides is 1. The van der Waals surface area contributed by atoms with Crippen LogP contribution in [0.2, 0.25) is 0 Å².